The molecule has 0 aliphatic carbocycles. The Kier molecular flexibility index (Phi) is 5.44. The average Bonchev–Trinajstić information content (AvgIpc) is 2.47. The molecule has 0 fully saturated rings. The van der Waals surface area contributed by atoms with Crippen LogP contribution in [0.1, 0.15) is 12.0 Å². The van der Waals surface area contributed by atoms with Gasteiger partial charge in [0.25, 0.3) is 0 Å². The molecule has 2 aromatic carbocycles. The highest BCUT2D eigenvalue weighted by Crippen LogP contribution is 2.20. The van der Waals surface area contributed by atoms with Crippen LogP contribution >= 0.6 is 15.9 Å². The SMILES string of the molecule is Cc1cc(NC(=O)CC(=O)Nc2c(F)cccc2F)ccc1Br. The fourth-order valence-electron chi connectivity index (χ4n) is 1.87. The molecule has 0 aliphatic rings. The minimum atomic E-state index is -0.901. The molecular weight excluding hydrogens is 370 g/mol. The van der Waals surface area contributed by atoms with E-state index in [9.17, 15) is 18.4 Å². The number of amides is 2. The van der Waals surface area contributed by atoms with Gasteiger partial charge in [-0.25, -0.2) is 8.78 Å². The topological polar surface area (TPSA) is 58.2 Å². The maximum atomic E-state index is 13.4. The van der Waals surface area contributed by atoms with Crippen LogP contribution in [0.5, 0.6) is 0 Å². The number of anilines is 2. The zero-order valence-corrected chi connectivity index (χ0v) is 13.7. The normalized spacial score (nSPS) is 10.3. The molecule has 0 unspecified atom stereocenters. The van der Waals surface area contributed by atoms with Crippen molar-refractivity contribution >= 4 is 39.1 Å². The number of para-hydroxylation sites is 1. The van der Waals surface area contributed by atoms with Gasteiger partial charge >= 0.3 is 0 Å². The summed E-state index contributed by atoms with van der Waals surface area (Å²) in [6.45, 7) is 1.85. The number of aryl methyl sites for hydroxylation is 1. The number of carbonyl (C=O) groups is 2. The number of nitrogens with one attached hydrogen (secondary N) is 2. The maximum Gasteiger partial charge on any atom is 0.233 e. The molecule has 2 N–H and O–H groups in total. The Morgan fingerprint density at radius 3 is 2.26 bits per heavy atom. The molecule has 120 valence electrons. The molecule has 0 bridgehead atoms. The third-order valence-corrected chi connectivity index (χ3v) is 3.88. The van der Waals surface area contributed by atoms with E-state index in [4.69, 9.17) is 0 Å². The van der Waals surface area contributed by atoms with Gasteiger partial charge in [-0.05, 0) is 42.8 Å². The minimum Gasteiger partial charge on any atom is -0.326 e. The largest absolute Gasteiger partial charge is 0.326 e. The van der Waals surface area contributed by atoms with Gasteiger partial charge in [-0.3, -0.25) is 9.59 Å². The summed E-state index contributed by atoms with van der Waals surface area (Å²) in [5, 5.41) is 4.61. The summed E-state index contributed by atoms with van der Waals surface area (Å²) in [5.74, 6) is -3.19. The Morgan fingerprint density at radius 2 is 1.65 bits per heavy atom. The first-order valence-electron chi connectivity index (χ1n) is 6.66. The van der Waals surface area contributed by atoms with Crippen LogP contribution in [0.25, 0.3) is 0 Å². The van der Waals surface area contributed by atoms with Gasteiger partial charge in [0.05, 0.1) is 0 Å². The fraction of sp³-hybridized carbons (Fsp3) is 0.125. The summed E-state index contributed by atoms with van der Waals surface area (Å²) >= 11 is 3.34. The monoisotopic (exact) mass is 382 g/mol. The standard InChI is InChI=1S/C16H13BrF2N2O2/c1-9-7-10(5-6-11(9)17)20-14(22)8-15(23)21-16-12(18)3-2-4-13(16)19/h2-7H,8H2,1H3,(H,20,22)(H,21,23). The van der Waals surface area contributed by atoms with Crippen LogP contribution < -0.4 is 10.6 Å². The molecule has 0 atom stereocenters. The molecule has 0 radical (unpaired) electrons. The first-order chi connectivity index (χ1) is 10.9. The molecule has 2 rings (SSSR count). The molecule has 0 saturated heterocycles. The van der Waals surface area contributed by atoms with Crippen LogP contribution in [0.3, 0.4) is 0 Å². The second-order valence-corrected chi connectivity index (χ2v) is 5.69. The maximum absolute atomic E-state index is 13.4. The van der Waals surface area contributed by atoms with E-state index in [-0.39, 0.29) is 0 Å². The number of hydrogen-bond acceptors (Lipinski definition) is 2. The number of benzene rings is 2. The van der Waals surface area contributed by atoms with Gasteiger partial charge in [-0.1, -0.05) is 22.0 Å². The summed E-state index contributed by atoms with van der Waals surface area (Å²) in [4.78, 5) is 23.5. The van der Waals surface area contributed by atoms with Crippen LogP contribution in [-0.2, 0) is 9.59 Å². The van der Waals surface area contributed by atoms with Crippen molar-refractivity contribution in [2.75, 3.05) is 10.6 Å². The molecule has 7 heteroatoms. The van der Waals surface area contributed by atoms with Gasteiger partial charge in [0, 0.05) is 10.2 Å². The Balaban J connectivity index is 1.97. The van der Waals surface area contributed by atoms with E-state index >= 15 is 0 Å². The Labute approximate surface area is 140 Å². The predicted molar refractivity (Wildman–Crippen MR) is 87.1 cm³/mol. The molecule has 0 aliphatic heterocycles. The smallest absolute Gasteiger partial charge is 0.233 e. The molecule has 0 heterocycles. The van der Waals surface area contributed by atoms with E-state index in [0.29, 0.717) is 5.69 Å². The van der Waals surface area contributed by atoms with E-state index in [0.717, 1.165) is 22.2 Å². The van der Waals surface area contributed by atoms with E-state index < -0.39 is 35.6 Å². The van der Waals surface area contributed by atoms with Gasteiger partial charge in [0.15, 0.2) is 0 Å². The molecule has 0 spiro atoms. The van der Waals surface area contributed by atoms with Gasteiger partial charge in [-0.15, -0.1) is 0 Å². The van der Waals surface area contributed by atoms with Crippen molar-refractivity contribution in [3.63, 3.8) is 0 Å². The van der Waals surface area contributed by atoms with Gasteiger partial charge in [-0.2, -0.15) is 0 Å². The highest BCUT2D eigenvalue weighted by Gasteiger charge is 2.15. The summed E-state index contributed by atoms with van der Waals surface area (Å²) in [5.41, 5.74) is 0.881. The molecular formula is C16H13BrF2N2O2. The molecule has 2 amide bonds. The lowest BCUT2D eigenvalue weighted by molar-refractivity contribution is -0.123. The van der Waals surface area contributed by atoms with Gasteiger partial charge in [0.1, 0.15) is 23.7 Å². The summed E-state index contributed by atoms with van der Waals surface area (Å²) < 4.78 is 27.7. The average molecular weight is 383 g/mol. The summed E-state index contributed by atoms with van der Waals surface area (Å²) in [6, 6.07) is 8.38. The summed E-state index contributed by atoms with van der Waals surface area (Å²) in [6.07, 6.45) is -0.553. The second-order valence-electron chi connectivity index (χ2n) is 4.83. The van der Waals surface area contributed by atoms with E-state index in [1.807, 2.05) is 6.92 Å². The van der Waals surface area contributed by atoms with Crippen molar-refractivity contribution in [1.29, 1.82) is 0 Å². The molecule has 2 aromatic rings. The highest BCUT2D eigenvalue weighted by molar-refractivity contribution is 9.10. The lowest BCUT2D eigenvalue weighted by Gasteiger charge is -2.09. The Morgan fingerprint density at radius 1 is 1.04 bits per heavy atom. The highest BCUT2D eigenvalue weighted by atomic mass is 79.9. The molecule has 23 heavy (non-hydrogen) atoms. The number of rotatable bonds is 4. The van der Waals surface area contributed by atoms with Crippen molar-refractivity contribution in [1.82, 2.24) is 0 Å². The summed E-state index contributed by atoms with van der Waals surface area (Å²) in [7, 11) is 0. The number of hydrogen-bond donors (Lipinski definition) is 2. The van der Waals surface area contributed by atoms with E-state index in [2.05, 4.69) is 26.6 Å². The van der Waals surface area contributed by atoms with Crippen LogP contribution in [0.2, 0.25) is 0 Å². The van der Waals surface area contributed by atoms with Crippen LogP contribution in [0.4, 0.5) is 20.2 Å². The van der Waals surface area contributed by atoms with Crippen molar-refractivity contribution in [2.24, 2.45) is 0 Å². The first-order valence-corrected chi connectivity index (χ1v) is 7.46. The van der Waals surface area contributed by atoms with Crippen molar-refractivity contribution in [2.45, 2.75) is 13.3 Å². The van der Waals surface area contributed by atoms with Crippen LogP contribution in [0, 0.1) is 18.6 Å². The molecule has 4 nitrogen and oxygen atoms in total. The lowest BCUT2D eigenvalue weighted by Crippen LogP contribution is -2.22. The van der Waals surface area contributed by atoms with Crippen LogP contribution in [-0.4, -0.2) is 11.8 Å². The number of carbonyl (C=O) groups excluding carboxylic acids is 2. The third-order valence-electron chi connectivity index (χ3n) is 2.99. The quantitative estimate of drug-likeness (QED) is 0.785. The zero-order valence-electron chi connectivity index (χ0n) is 12.1. The zero-order chi connectivity index (χ0) is 17.0. The van der Waals surface area contributed by atoms with Crippen molar-refractivity contribution in [3.8, 4) is 0 Å². The van der Waals surface area contributed by atoms with Crippen molar-refractivity contribution < 1.29 is 18.4 Å². The molecule has 0 aromatic heterocycles. The van der Waals surface area contributed by atoms with E-state index in [1.54, 1.807) is 18.2 Å². The number of halogens is 3. The van der Waals surface area contributed by atoms with Gasteiger partial charge in [0.2, 0.25) is 11.8 Å². The third kappa shape index (κ3) is 4.59. The van der Waals surface area contributed by atoms with Gasteiger partial charge < -0.3 is 10.6 Å². The fourth-order valence-corrected chi connectivity index (χ4v) is 2.12. The minimum absolute atomic E-state index is 0.528. The first kappa shape index (κ1) is 17.1. The predicted octanol–water partition coefficient (Wildman–Crippen LogP) is 4.00. The second kappa shape index (κ2) is 7.32. The molecule has 0 saturated carbocycles. The Bertz CT molecular complexity index is 745. The Hall–Kier alpha value is -2.28. The van der Waals surface area contributed by atoms with Crippen LogP contribution in [0.15, 0.2) is 40.9 Å². The van der Waals surface area contributed by atoms with Crippen molar-refractivity contribution in [3.05, 3.63) is 58.1 Å². The van der Waals surface area contributed by atoms with E-state index in [1.165, 1.54) is 6.07 Å². The lowest BCUT2D eigenvalue weighted by atomic mass is 10.2.